The summed E-state index contributed by atoms with van der Waals surface area (Å²) >= 11 is 0. The summed E-state index contributed by atoms with van der Waals surface area (Å²) in [6.07, 6.45) is 7.23. The average Bonchev–Trinajstić information content (AvgIpc) is 3.17. The van der Waals surface area contributed by atoms with Crippen LogP contribution >= 0.6 is 0 Å². The van der Waals surface area contributed by atoms with Gasteiger partial charge in [0.2, 0.25) is 0 Å². The van der Waals surface area contributed by atoms with Gasteiger partial charge in [-0.2, -0.15) is 0 Å². The first kappa shape index (κ1) is 17.4. The lowest BCUT2D eigenvalue weighted by Gasteiger charge is -2.28. The van der Waals surface area contributed by atoms with E-state index >= 15 is 0 Å². The molecule has 1 saturated carbocycles. The predicted octanol–water partition coefficient (Wildman–Crippen LogP) is 2.18. The number of urea groups is 1. The molecule has 7 heteroatoms. The molecule has 7 nitrogen and oxygen atoms in total. The highest BCUT2D eigenvalue weighted by molar-refractivity contribution is 5.74. The van der Waals surface area contributed by atoms with Gasteiger partial charge in [-0.3, -0.25) is 0 Å². The van der Waals surface area contributed by atoms with Crippen molar-refractivity contribution >= 4 is 6.03 Å². The second-order valence-electron chi connectivity index (χ2n) is 6.68. The summed E-state index contributed by atoms with van der Waals surface area (Å²) in [6.45, 7) is 2.22. The number of carbonyl (C=O) groups is 1. The Hall–Kier alpha value is -2.41. The van der Waals surface area contributed by atoms with Crippen LogP contribution in [0.3, 0.4) is 0 Å². The minimum absolute atomic E-state index is 0.0847. The summed E-state index contributed by atoms with van der Waals surface area (Å²) in [4.78, 5) is 12.2. The Bertz CT molecular complexity index is 663. The van der Waals surface area contributed by atoms with Crippen LogP contribution < -0.4 is 10.6 Å². The molecule has 1 atom stereocenters. The van der Waals surface area contributed by atoms with Gasteiger partial charge in [0.1, 0.15) is 0 Å². The van der Waals surface area contributed by atoms with Gasteiger partial charge < -0.3 is 15.7 Å². The van der Waals surface area contributed by atoms with Crippen LogP contribution in [0.1, 0.15) is 44.2 Å². The zero-order chi connectivity index (χ0) is 17.6. The molecule has 2 amide bonds. The molecule has 3 N–H and O–H groups in total. The predicted molar refractivity (Wildman–Crippen MR) is 94.3 cm³/mol. The fraction of sp³-hybridized carbons (Fsp3) is 0.500. The van der Waals surface area contributed by atoms with E-state index < -0.39 is 0 Å². The minimum Gasteiger partial charge on any atom is -0.396 e. The van der Waals surface area contributed by atoms with E-state index in [0.29, 0.717) is 5.92 Å². The molecule has 25 heavy (non-hydrogen) atoms. The van der Waals surface area contributed by atoms with E-state index in [1.165, 1.54) is 0 Å². The minimum atomic E-state index is -0.139. The van der Waals surface area contributed by atoms with Gasteiger partial charge in [-0.1, -0.05) is 17.3 Å². The van der Waals surface area contributed by atoms with Crippen LogP contribution in [0.25, 0.3) is 5.69 Å². The lowest BCUT2D eigenvalue weighted by atomic mass is 9.87. The summed E-state index contributed by atoms with van der Waals surface area (Å²) in [5, 5.41) is 23.0. The SMILES string of the molecule is CC(NC(=O)NC1CCC(CO)CC1)c1ccc(-n2ccnn2)cc1. The van der Waals surface area contributed by atoms with Gasteiger partial charge in [-0.05, 0) is 56.2 Å². The standard InChI is InChI=1S/C18H25N5O2/c1-13(15-4-8-17(9-5-15)23-11-10-19-22-23)20-18(25)21-16-6-2-14(12-24)3-7-16/h4-5,8-11,13-14,16,24H,2-3,6-7,12H2,1H3,(H2,20,21,25). The fourth-order valence-electron chi connectivity index (χ4n) is 3.26. The van der Waals surface area contributed by atoms with Crippen LogP contribution in [0.2, 0.25) is 0 Å². The Balaban J connectivity index is 1.50. The first-order valence-corrected chi connectivity index (χ1v) is 8.80. The third-order valence-electron chi connectivity index (χ3n) is 4.87. The average molecular weight is 343 g/mol. The molecule has 1 heterocycles. The molecule has 1 fully saturated rings. The van der Waals surface area contributed by atoms with E-state index in [1.54, 1.807) is 17.1 Å². The molecule has 0 radical (unpaired) electrons. The van der Waals surface area contributed by atoms with Crippen LogP contribution in [0.15, 0.2) is 36.7 Å². The van der Waals surface area contributed by atoms with Crippen molar-refractivity contribution in [2.24, 2.45) is 5.92 Å². The van der Waals surface area contributed by atoms with E-state index in [2.05, 4.69) is 20.9 Å². The number of aliphatic hydroxyl groups excluding tert-OH is 1. The van der Waals surface area contributed by atoms with Gasteiger partial charge in [0.15, 0.2) is 0 Å². The Kier molecular flexibility index (Phi) is 5.65. The normalized spacial score (nSPS) is 21.5. The maximum Gasteiger partial charge on any atom is 0.315 e. The van der Waals surface area contributed by atoms with Crippen molar-refractivity contribution in [1.82, 2.24) is 25.6 Å². The van der Waals surface area contributed by atoms with Crippen molar-refractivity contribution in [3.63, 3.8) is 0 Å². The van der Waals surface area contributed by atoms with Crippen molar-refractivity contribution in [3.05, 3.63) is 42.2 Å². The Morgan fingerprint density at radius 1 is 1.28 bits per heavy atom. The van der Waals surface area contributed by atoms with Crippen LogP contribution in [-0.4, -0.2) is 38.8 Å². The molecule has 1 aliphatic carbocycles. The summed E-state index contributed by atoms with van der Waals surface area (Å²) in [6, 6.07) is 7.85. The van der Waals surface area contributed by atoms with Crippen molar-refractivity contribution in [3.8, 4) is 5.69 Å². The van der Waals surface area contributed by atoms with Gasteiger partial charge >= 0.3 is 6.03 Å². The second-order valence-corrected chi connectivity index (χ2v) is 6.68. The van der Waals surface area contributed by atoms with Gasteiger partial charge in [-0.25, -0.2) is 9.48 Å². The van der Waals surface area contributed by atoms with Gasteiger partial charge in [0.05, 0.1) is 24.1 Å². The number of nitrogens with zero attached hydrogens (tertiary/aromatic N) is 3. The van der Waals surface area contributed by atoms with Crippen molar-refractivity contribution in [2.75, 3.05) is 6.61 Å². The molecule has 1 unspecified atom stereocenters. The Labute approximate surface area is 147 Å². The third kappa shape index (κ3) is 4.57. The van der Waals surface area contributed by atoms with Crippen LogP contribution in [0.5, 0.6) is 0 Å². The maximum atomic E-state index is 12.2. The zero-order valence-electron chi connectivity index (χ0n) is 14.4. The number of nitrogens with one attached hydrogen (secondary N) is 2. The molecule has 0 aliphatic heterocycles. The highest BCUT2D eigenvalue weighted by Gasteiger charge is 2.22. The molecular formula is C18H25N5O2. The van der Waals surface area contributed by atoms with Gasteiger partial charge in [-0.15, -0.1) is 5.10 Å². The molecule has 1 aromatic carbocycles. The number of hydrogen-bond donors (Lipinski definition) is 3. The van der Waals surface area contributed by atoms with E-state index in [1.807, 2.05) is 31.2 Å². The first-order chi connectivity index (χ1) is 12.2. The van der Waals surface area contributed by atoms with E-state index in [0.717, 1.165) is 36.9 Å². The summed E-state index contributed by atoms with van der Waals surface area (Å²) in [7, 11) is 0. The van der Waals surface area contributed by atoms with Crippen molar-refractivity contribution in [1.29, 1.82) is 0 Å². The molecule has 1 aliphatic rings. The number of aromatic nitrogens is 3. The third-order valence-corrected chi connectivity index (χ3v) is 4.87. The number of amides is 2. The van der Waals surface area contributed by atoms with E-state index in [-0.39, 0.29) is 24.7 Å². The zero-order valence-corrected chi connectivity index (χ0v) is 14.4. The summed E-state index contributed by atoms with van der Waals surface area (Å²) < 4.78 is 1.69. The number of rotatable bonds is 5. The van der Waals surface area contributed by atoms with E-state index in [9.17, 15) is 9.90 Å². The Morgan fingerprint density at radius 3 is 2.60 bits per heavy atom. The molecule has 2 aromatic rings. The molecule has 134 valence electrons. The number of carbonyl (C=O) groups excluding carboxylic acids is 1. The molecule has 0 bridgehead atoms. The van der Waals surface area contributed by atoms with Crippen molar-refractivity contribution in [2.45, 2.75) is 44.7 Å². The van der Waals surface area contributed by atoms with Crippen LogP contribution in [-0.2, 0) is 0 Å². The lowest BCUT2D eigenvalue weighted by molar-refractivity contribution is 0.174. The highest BCUT2D eigenvalue weighted by Crippen LogP contribution is 2.23. The highest BCUT2D eigenvalue weighted by atomic mass is 16.3. The topological polar surface area (TPSA) is 92.1 Å². The number of aliphatic hydroxyl groups is 1. The maximum absolute atomic E-state index is 12.2. The molecule has 1 aromatic heterocycles. The monoisotopic (exact) mass is 343 g/mol. The van der Waals surface area contributed by atoms with E-state index in [4.69, 9.17) is 0 Å². The molecule has 3 rings (SSSR count). The summed E-state index contributed by atoms with van der Waals surface area (Å²) in [5.74, 6) is 0.392. The smallest absolute Gasteiger partial charge is 0.315 e. The quantitative estimate of drug-likeness (QED) is 0.776. The summed E-state index contributed by atoms with van der Waals surface area (Å²) in [5.41, 5.74) is 1.96. The largest absolute Gasteiger partial charge is 0.396 e. The fourth-order valence-corrected chi connectivity index (χ4v) is 3.26. The number of benzene rings is 1. The van der Waals surface area contributed by atoms with Crippen LogP contribution in [0, 0.1) is 5.92 Å². The van der Waals surface area contributed by atoms with Crippen molar-refractivity contribution < 1.29 is 9.90 Å². The van der Waals surface area contributed by atoms with Crippen LogP contribution in [0.4, 0.5) is 4.79 Å². The number of hydrogen-bond acceptors (Lipinski definition) is 4. The molecular weight excluding hydrogens is 318 g/mol. The first-order valence-electron chi connectivity index (χ1n) is 8.80. The van der Waals surface area contributed by atoms with Gasteiger partial charge in [0.25, 0.3) is 0 Å². The molecule has 0 spiro atoms. The Morgan fingerprint density at radius 2 is 2.00 bits per heavy atom. The second kappa shape index (κ2) is 8.11. The molecule has 0 saturated heterocycles. The van der Waals surface area contributed by atoms with Gasteiger partial charge in [0, 0.05) is 12.6 Å². The lowest BCUT2D eigenvalue weighted by Crippen LogP contribution is -2.44.